The third-order valence-corrected chi connectivity index (χ3v) is 4.26. The molecule has 1 fully saturated rings. The van der Waals surface area contributed by atoms with Crippen LogP contribution in [0.25, 0.3) is 0 Å². The summed E-state index contributed by atoms with van der Waals surface area (Å²) in [4.78, 5) is 23.1. The molecular formula is C16H18F3NO3. The number of benzene rings is 1. The first kappa shape index (κ1) is 17.3. The maximum atomic E-state index is 12.8. The van der Waals surface area contributed by atoms with Crippen LogP contribution in [0.3, 0.4) is 0 Å². The van der Waals surface area contributed by atoms with Gasteiger partial charge < -0.3 is 10.4 Å². The molecule has 1 aromatic rings. The zero-order valence-electron chi connectivity index (χ0n) is 12.8. The number of nitrogens with one attached hydrogen (secondary N) is 1. The molecule has 0 heterocycles. The summed E-state index contributed by atoms with van der Waals surface area (Å²) in [5.74, 6) is -1.74. The van der Waals surface area contributed by atoms with Crippen molar-refractivity contribution in [3.63, 3.8) is 0 Å². The molecular weight excluding hydrogens is 311 g/mol. The molecule has 2 N–H and O–H groups in total. The van der Waals surface area contributed by atoms with Crippen LogP contribution in [0.15, 0.2) is 24.3 Å². The van der Waals surface area contributed by atoms with Crippen LogP contribution in [0, 0.1) is 5.41 Å². The van der Waals surface area contributed by atoms with Gasteiger partial charge in [-0.05, 0) is 24.5 Å². The summed E-state index contributed by atoms with van der Waals surface area (Å²) in [6.07, 6.45) is -3.85. The van der Waals surface area contributed by atoms with E-state index in [0.29, 0.717) is 5.56 Å². The van der Waals surface area contributed by atoms with Crippen LogP contribution < -0.4 is 5.32 Å². The van der Waals surface area contributed by atoms with E-state index in [4.69, 9.17) is 5.11 Å². The van der Waals surface area contributed by atoms with Gasteiger partial charge in [0.1, 0.15) is 5.41 Å². The molecule has 2 rings (SSSR count). The molecule has 0 bridgehead atoms. The molecule has 0 aromatic heterocycles. The zero-order chi connectivity index (χ0) is 17.5. The molecule has 0 unspecified atom stereocenters. The fourth-order valence-corrected chi connectivity index (χ4v) is 2.35. The average Bonchev–Trinajstić information content (AvgIpc) is 3.26. The molecule has 4 nitrogen and oxygen atoms in total. The highest BCUT2D eigenvalue weighted by molar-refractivity contribution is 6.04. The second kappa shape index (κ2) is 5.54. The molecule has 0 aliphatic heterocycles. The summed E-state index contributed by atoms with van der Waals surface area (Å²) < 4.78 is 38.4. The predicted octanol–water partition coefficient (Wildman–Crippen LogP) is 2.96. The lowest BCUT2D eigenvalue weighted by atomic mass is 9.83. The summed E-state index contributed by atoms with van der Waals surface area (Å²) in [5.41, 5.74) is -2.44. The van der Waals surface area contributed by atoms with Gasteiger partial charge in [-0.2, -0.15) is 13.2 Å². The van der Waals surface area contributed by atoms with Gasteiger partial charge >= 0.3 is 12.1 Å². The lowest BCUT2D eigenvalue weighted by Gasteiger charge is -2.27. The highest BCUT2D eigenvalue weighted by atomic mass is 19.4. The van der Waals surface area contributed by atoms with E-state index in [1.807, 2.05) is 0 Å². The van der Waals surface area contributed by atoms with Crippen LogP contribution in [-0.2, 0) is 21.2 Å². The van der Waals surface area contributed by atoms with Crippen LogP contribution in [0.2, 0.25) is 0 Å². The molecule has 0 atom stereocenters. The molecule has 23 heavy (non-hydrogen) atoms. The number of hydrogen-bond donors (Lipinski definition) is 2. The Hall–Kier alpha value is -2.05. The molecule has 1 amide bonds. The molecule has 126 valence electrons. The van der Waals surface area contributed by atoms with Crippen molar-refractivity contribution in [2.24, 2.45) is 5.41 Å². The Bertz CT molecular complexity index is 634. The second-order valence-corrected chi connectivity index (χ2v) is 6.53. The molecule has 1 saturated carbocycles. The van der Waals surface area contributed by atoms with Gasteiger partial charge in [0.15, 0.2) is 0 Å². The SMILES string of the molecule is CC(C)(CNC(=O)C1(C(=O)O)CC1)c1cccc(C(F)(F)F)c1. The Kier molecular flexibility index (Phi) is 4.17. The van der Waals surface area contributed by atoms with Crippen LogP contribution in [-0.4, -0.2) is 23.5 Å². The van der Waals surface area contributed by atoms with Crippen molar-refractivity contribution in [1.29, 1.82) is 0 Å². The first-order valence-electron chi connectivity index (χ1n) is 7.18. The number of carbonyl (C=O) groups excluding carboxylic acids is 1. The number of carbonyl (C=O) groups is 2. The number of amides is 1. The van der Waals surface area contributed by atoms with Gasteiger partial charge in [0.05, 0.1) is 5.56 Å². The van der Waals surface area contributed by atoms with Crippen LogP contribution in [0.1, 0.15) is 37.8 Å². The predicted molar refractivity (Wildman–Crippen MR) is 76.8 cm³/mol. The minimum Gasteiger partial charge on any atom is -0.480 e. The van der Waals surface area contributed by atoms with Crippen molar-refractivity contribution < 1.29 is 27.9 Å². The fourth-order valence-electron chi connectivity index (χ4n) is 2.35. The Morgan fingerprint density at radius 1 is 1.22 bits per heavy atom. The topological polar surface area (TPSA) is 66.4 Å². The van der Waals surface area contributed by atoms with Gasteiger partial charge in [-0.3, -0.25) is 9.59 Å². The Morgan fingerprint density at radius 3 is 2.26 bits per heavy atom. The second-order valence-electron chi connectivity index (χ2n) is 6.53. The zero-order valence-corrected chi connectivity index (χ0v) is 12.8. The Balaban J connectivity index is 2.10. The summed E-state index contributed by atoms with van der Waals surface area (Å²) >= 11 is 0. The van der Waals surface area contributed by atoms with Gasteiger partial charge in [0, 0.05) is 12.0 Å². The molecule has 7 heteroatoms. The standard InChI is InChI=1S/C16H18F3NO3/c1-14(2,9-20-12(21)15(6-7-15)13(22)23)10-4-3-5-11(8-10)16(17,18)19/h3-5,8H,6-7,9H2,1-2H3,(H,20,21)(H,22,23). The minimum absolute atomic E-state index is 0.0577. The van der Waals surface area contributed by atoms with E-state index >= 15 is 0 Å². The fraction of sp³-hybridized carbons (Fsp3) is 0.500. The highest BCUT2D eigenvalue weighted by Crippen LogP contribution is 2.46. The number of rotatable bonds is 5. The van der Waals surface area contributed by atoms with Crippen molar-refractivity contribution in [1.82, 2.24) is 5.32 Å². The third kappa shape index (κ3) is 3.48. The molecule has 1 aromatic carbocycles. The van der Waals surface area contributed by atoms with Crippen LogP contribution in [0.5, 0.6) is 0 Å². The van der Waals surface area contributed by atoms with Crippen molar-refractivity contribution in [3.05, 3.63) is 35.4 Å². The van der Waals surface area contributed by atoms with Crippen molar-refractivity contribution in [2.75, 3.05) is 6.54 Å². The van der Waals surface area contributed by atoms with E-state index in [2.05, 4.69) is 5.32 Å². The van der Waals surface area contributed by atoms with Crippen LogP contribution >= 0.6 is 0 Å². The average molecular weight is 329 g/mol. The van der Waals surface area contributed by atoms with E-state index in [0.717, 1.165) is 12.1 Å². The minimum atomic E-state index is -4.43. The van der Waals surface area contributed by atoms with E-state index in [1.54, 1.807) is 19.9 Å². The number of aliphatic carboxylic acids is 1. The molecule has 1 aliphatic carbocycles. The summed E-state index contributed by atoms with van der Waals surface area (Å²) in [7, 11) is 0. The van der Waals surface area contributed by atoms with Gasteiger partial charge in [0.2, 0.25) is 5.91 Å². The quantitative estimate of drug-likeness (QED) is 0.816. The number of halogens is 3. The van der Waals surface area contributed by atoms with Gasteiger partial charge in [-0.1, -0.05) is 32.0 Å². The van der Waals surface area contributed by atoms with Crippen LogP contribution in [0.4, 0.5) is 13.2 Å². The van der Waals surface area contributed by atoms with E-state index in [9.17, 15) is 22.8 Å². The third-order valence-electron chi connectivity index (χ3n) is 4.26. The van der Waals surface area contributed by atoms with Crippen molar-refractivity contribution in [2.45, 2.75) is 38.3 Å². The number of carboxylic acid groups (broad SMARTS) is 1. The molecule has 0 saturated heterocycles. The molecule has 1 aliphatic rings. The number of hydrogen-bond acceptors (Lipinski definition) is 2. The van der Waals surface area contributed by atoms with Gasteiger partial charge in [0.25, 0.3) is 0 Å². The van der Waals surface area contributed by atoms with Crippen molar-refractivity contribution >= 4 is 11.9 Å². The maximum absolute atomic E-state index is 12.8. The highest BCUT2D eigenvalue weighted by Gasteiger charge is 2.57. The normalized spacial score (nSPS) is 16.7. The van der Waals surface area contributed by atoms with E-state index in [1.165, 1.54) is 6.07 Å². The summed E-state index contributed by atoms with van der Waals surface area (Å²) in [6, 6.07) is 4.92. The van der Waals surface area contributed by atoms with Gasteiger partial charge in [-0.25, -0.2) is 0 Å². The monoisotopic (exact) mass is 329 g/mol. The summed E-state index contributed by atoms with van der Waals surface area (Å²) in [5, 5.41) is 11.6. The van der Waals surface area contributed by atoms with E-state index in [-0.39, 0.29) is 19.4 Å². The van der Waals surface area contributed by atoms with Gasteiger partial charge in [-0.15, -0.1) is 0 Å². The molecule has 0 spiro atoms. The van der Waals surface area contributed by atoms with E-state index < -0.39 is 34.4 Å². The lowest BCUT2D eigenvalue weighted by molar-refractivity contribution is -0.149. The summed E-state index contributed by atoms with van der Waals surface area (Å²) in [6.45, 7) is 3.45. The molecule has 0 radical (unpaired) electrons. The first-order chi connectivity index (χ1) is 10.5. The van der Waals surface area contributed by atoms with Crippen molar-refractivity contribution in [3.8, 4) is 0 Å². The Morgan fingerprint density at radius 2 is 1.78 bits per heavy atom. The maximum Gasteiger partial charge on any atom is 0.416 e. The largest absolute Gasteiger partial charge is 0.480 e. The lowest BCUT2D eigenvalue weighted by Crippen LogP contribution is -2.43. The number of alkyl halides is 3. The Labute approximate surface area is 131 Å². The smallest absolute Gasteiger partial charge is 0.416 e. The first-order valence-corrected chi connectivity index (χ1v) is 7.18. The number of carboxylic acids is 1.